The highest BCUT2D eigenvalue weighted by Gasteiger charge is 2.21. The molecule has 2 aromatic heterocycles. The molecule has 0 saturated heterocycles. The van der Waals surface area contributed by atoms with Crippen LogP contribution in [-0.4, -0.2) is 19.4 Å². The first-order valence-corrected chi connectivity index (χ1v) is 8.40. The quantitative estimate of drug-likeness (QED) is 0.631. The van der Waals surface area contributed by atoms with Gasteiger partial charge >= 0.3 is 0 Å². The lowest BCUT2D eigenvalue weighted by atomic mass is 10.1. The predicted molar refractivity (Wildman–Crippen MR) is 82.8 cm³/mol. The zero-order valence-electron chi connectivity index (χ0n) is 12.3. The van der Waals surface area contributed by atoms with Crippen molar-refractivity contribution in [3.8, 4) is 0 Å². The SMILES string of the molecule is CCc1nnsc1C(Cc1ccn(C2CCCC2)n1)NN. The van der Waals surface area contributed by atoms with E-state index in [1.54, 1.807) is 0 Å². The molecule has 21 heavy (non-hydrogen) atoms. The van der Waals surface area contributed by atoms with Crippen LogP contribution in [-0.2, 0) is 12.8 Å². The summed E-state index contributed by atoms with van der Waals surface area (Å²) in [5, 5.41) is 8.89. The van der Waals surface area contributed by atoms with Gasteiger partial charge in [0.2, 0.25) is 0 Å². The summed E-state index contributed by atoms with van der Waals surface area (Å²) in [6, 6.07) is 2.72. The molecule has 0 spiro atoms. The lowest BCUT2D eigenvalue weighted by Crippen LogP contribution is -2.29. The smallest absolute Gasteiger partial charge is 0.0801 e. The Hall–Kier alpha value is -1.31. The lowest BCUT2D eigenvalue weighted by molar-refractivity contribution is 0.457. The molecular formula is C14H22N6S. The van der Waals surface area contributed by atoms with Crippen LogP contribution in [0.5, 0.6) is 0 Å². The van der Waals surface area contributed by atoms with E-state index in [1.807, 2.05) is 0 Å². The molecule has 2 heterocycles. The second kappa shape index (κ2) is 6.64. The summed E-state index contributed by atoms with van der Waals surface area (Å²) in [5.41, 5.74) is 4.98. The molecule has 1 fully saturated rings. The van der Waals surface area contributed by atoms with Gasteiger partial charge in [0.25, 0.3) is 0 Å². The van der Waals surface area contributed by atoms with Gasteiger partial charge in [-0.2, -0.15) is 5.10 Å². The fourth-order valence-corrected chi connectivity index (χ4v) is 3.82. The molecule has 0 aromatic carbocycles. The lowest BCUT2D eigenvalue weighted by Gasteiger charge is -2.13. The van der Waals surface area contributed by atoms with Crippen LogP contribution in [0.2, 0.25) is 0 Å². The summed E-state index contributed by atoms with van der Waals surface area (Å²) >= 11 is 1.42. The Morgan fingerprint density at radius 3 is 3.00 bits per heavy atom. The molecule has 6 nitrogen and oxygen atoms in total. The Labute approximate surface area is 128 Å². The Bertz CT molecular complexity index is 572. The van der Waals surface area contributed by atoms with Crippen LogP contribution >= 0.6 is 11.5 Å². The number of aromatic nitrogens is 4. The molecule has 0 radical (unpaired) electrons. The van der Waals surface area contributed by atoms with Crippen LogP contribution in [0.25, 0.3) is 0 Å². The molecule has 3 N–H and O–H groups in total. The summed E-state index contributed by atoms with van der Waals surface area (Å²) in [6.45, 7) is 2.09. The summed E-state index contributed by atoms with van der Waals surface area (Å²) in [4.78, 5) is 1.12. The van der Waals surface area contributed by atoms with Crippen molar-refractivity contribution in [3.63, 3.8) is 0 Å². The topological polar surface area (TPSA) is 81.7 Å². The third kappa shape index (κ3) is 3.14. The summed E-state index contributed by atoms with van der Waals surface area (Å²) in [6.07, 6.45) is 8.88. The second-order valence-electron chi connectivity index (χ2n) is 5.59. The normalized spacial score (nSPS) is 17.4. The van der Waals surface area contributed by atoms with Gasteiger partial charge in [-0.25, -0.2) is 0 Å². The fourth-order valence-electron chi connectivity index (χ4n) is 3.02. The van der Waals surface area contributed by atoms with E-state index in [-0.39, 0.29) is 6.04 Å². The van der Waals surface area contributed by atoms with Crippen molar-refractivity contribution in [2.24, 2.45) is 5.84 Å². The number of rotatable bonds is 6. The minimum Gasteiger partial charge on any atom is -0.271 e. The first-order chi connectivity index (χ1) is 10.3. The van der Waals surface area contributed by atoms with Crippen LogP contribution in [0.1, 0.15) is 61.0 Å². The molecule has 1 unspecified atom stereocenters. The molecule has 1 atom stereocenters. The molecule has 1 aliphatic carbocycles. The third-order valence-corrected chi connectivity index (χ3v) is 5.09. The van der Waals surface area contributed by atoms with Crippen molar-refractivity contribution in [1.29, 1.82) is 0 Å². The highest BCUT2D eigenvalue weighted by molar-refractivity contribution is 7.05. The van der Waals surface area contributed by atoms with Gasteiger partial charge in [0.1, 0.15) is 0 Å². The van der Waals surface area contributed by atoms with E-state index in [0.29, 0.717) is 6.04 Å². The van der Waals surface area contributed by atoms with Crippen molar-refractivity contribution >= 4 is 11.5 Å². The summed E-state index contributed by atoms with van der Waals surface area (Å²) in [5.74, 6) is 5.73. The minimum absolute atomic E-state index is 0.0341. The molecular weight excluding hydrogens is 284 g/mol. The van der Waals surface area contributed by atoms with Crippen LogP contribution in [0.3, 0.4) is 0 Å². The second-order valence-corrected chi connectivity index (χ2v) is 6.37. The highest BCUT2D eigenvalue weighted by Crippen LogP contribution is 2.29. The molecule has 0 amide bonds. The predicted octanol–water partition coefficient (Wildman–Crippen LogP) is 2.16. The summed E-state index contributed by atoms with van der Waals surface area (Å²) < 4.78 is 6.17. The minimum atomic E-state index is 0.0341. The van der Waals surface area contributed by atoms with Crippen LogP contribution in [0.15, 0.2) is 12.3 Å². The number of nitrogens with one attached hydrogen (secondary N) is 1. The van der Waals surface area contributed by atoms with Crippen molar-refractivity contribution in [2.75, 3.05) is 0 Å². The molecule has 3 rings (SSSR count). The number of aryl methyl sites for hydroxylation is 1. The average molecular weight is 306 g/mol. The van der Waals surface area contributed by atoms with E-state index in [1.165, 1.54) is 37.2 Å². The van der Waals surface area contributed by atoms with E-state index in [2.05, 4.69) is 38.9 Å². The third-order valence-electron chi connectivity index (χ3n) is 4.21. The Morgan fingerprint density at radius 2 is 2.29 bits per heavy atom. The molecule has 1 aliphatic rings. The Kier molecular flexibility index (Phi) is 4.62. The van der Waals surface area contributed by atoms with Gasteiger partial charge in [-0.1, -0.05) is 24.3 Å². The maximum Gasteiger partial charge on any atom is 0.0801 e. The molecule has 0 aliphatic heterocycles. The Balaban J connectivity index is 1.72. The molecule has 2 aromatic rings. The van der Waals surface area contributed by atoms with Crippen molar-refractivity contribution in [1.82, 2.24) is 24.8 Å². The van der Waals surface area contributed by atoms with E-state index in [9.17, 15) is 0 Å². The zero-order chi connectivity index (χ0) is 14.7. The first kappa shape index (κ1) is 14.6. The van der Waals surface area contributed by atoms with Crippen LogP contribution in [0.4, 0.5) is 0 Å². The number of hydrogen-bond acceptors (Lipinski definition) is 6. The van der Waals surface area contributed by atoms with E-state index in [4.69, 9.17) is 10.9 Å². The maximum atomic E-state index is 5.73. The number of hydrogen-bond donors (Lipinski definition) is 2. The largest absolute Gasteiger partial charge is 0.271 e. The van der Waals surface area contributed by atoms with Gasteiger partial charge in [0.05, 0.1) is 28.3 Å². The molecule has 0 bridgehead atoms. The Morgan fingerprint density at radius 1 is 1.48 bits per heavy atom. The monoisotopic (exact) mass is 306 g/mol. The standard InChI is InChI=1S/C14H22N6S/c1-2-12-14(21-19-17-12)13(16-15)9-10-7-8-20(18-10)11-5-3-4-6-11/h7-8,11,13,16H,2-6,9,15H2,1H3. The van der Waals surface area contributed by atoms with Gasteiger partial charge in [-0.05, 0) is 36.9 Å². The van der Waals surface area contributed by atoms with Gasteiger partial charge < -0.3 is 0 Å². The maximum absolute atomic E-state index is 5.73. The van der Waals surface area contributed by atoms with Crippen LogP contribution in [0, 0.1) is 0 Å². The number of nitrogens with two attached hydrogens (primary N) is 1. The van der Waals surface area contributed by atoms with E-state index < -0.39 is 0 Å². The van der Waals surface area contributed by atoms with Crippen LogP contribution < -0.4 is 11.3 Å². The van der Waals surface area contributed by atoms with Gasteiger partial charge in [-0.15, -0.1) is 5.10 Å². The van der Waals surface area contributed by atoms with Crippen molar-refractivity contribution in [3.05, 3.63) is 28.5 Å². The van der Waals surface area contributed by atoms with E-state index in [0.717, 1.165) is 29.1 Å². The van der Waals surface area contributed by atoms with Gasteiger partial charge in [-0.3, -0.25) is 16.0 Å². The first-order valence-electron chi connectivity index (χ1n) is 7.63. The average Bonchev–Trinajstić information content (AvgIpc) is 3.23. The zero-order valence-corrected chi connectivity index (χ0v) is 13.1. The summed E-state index contributed by atoms with van der Waals surface area (Å²) in [7, 11) is 0. The van der Waals surface area contributed by atoms with Crippen molar-refractivity contribution in [2.45, 2.75) is 57.5 Å². The molecule has 1 saturated carbocycles. The number of nitrogens with zero attached hydrogens (tertiary/aromatic N) is 4. The van der Waals surface area contributed by atoms with Gasteiger partial charge in [0.15, 0.2) is 0 Å². The molecule has 7 heteroatoms. The fraction of sp³-hybridized carbons (Fsp3) is 0.643. The van der Waals surface area contributed by atoms with E-state index >= 15 is 0 Å². The molecule has 114 valence electrons. The highest BCUT2D eigenvalue weighted by atomic mass is 32.1. The van der Waals surface area contributed by atoms with Gasteiger partial charge in [0, 0.05) is 12.6 Å². The number of hydrazine groups is 1. The van der Waals surface area contributed by atoms with Crippen molar-refractivity contribution < 1.29 is 0 Å².